The Labute approximate surface area is 97.0 Å². The summed E-state index contributed by atoms with van der Waals surface area (Å²) < 4.78 is 0. The fourth-order valence-corrected chi connectivity index (χ4v) is 1.59. The van der Waals surface area contributed by atoms with E-state index in [1.54, 1.807) is 0 Å². The molecule has 3 nitrogen and oxygen atoms in total. The van der Waals surface area contributed by atoms with E-state index in [0.29, 0.717) is 6.54 Å². The maximum atomic E-state index is 11.8. The lowest BCUT2D eigenvalue weighted by Crippen LogP contribution is -2.23. The zero-order valence-corrected chi connectivity index (χ0v) is 9.99. The van der Waals surface area contributed by atoms with Crippen LogP contribution in [0.2, 0.25) is 0 Å². The normalized spacial score (nSPS) is 12.2. The van der Waals surface area contributed by atoms with Crippen molar-refractivity contribution in [1.82, 2.24) is 0 Å². The van der Waals surface area contributed by atoms with Crippen LogP contribution < -0.4 is 11.1 Å². The number of benzene rings is 1. The van der Waals surface area contributed by atoms with E-state index in [-0.39, 0.29) is 11.8 Å². The third-order valence-corrected chi connectivity index (χ3v) is 2.70. The van der Waals surface area contributed by atoms with Crippen LogP contribution in [0.5, 0.6) is 0 Å². The highest BCUT2D eigenvalue weighted by atomic mass is 16.1. The molecule has 1 rings (SSSR count). The van der Waals surface area contributed by atoms with Crippen molar-refractivity contribution >= 4 is 11.6 Å². The molecule has 0 aliphatic carbocycles. The summed E-state index contributed by atoms with van der Waals surface area (Å²) in [5.74, 6) is 0.0151. The van der Waals surface area contributed by atoms with Crippen molar-refractivity contribution in [3.05, 3.63) is 29.8 Å². The molecule has 88 valence electrons. The van der Waals surface area contributed by atoms with Crippen molar-refractivity contribution in [3.8, 4) is 0 Å². The first-order chi connectivity index (χ1) is 7.69. The van der Waals surface area contributed by atoms with Gasteiger partial charge in [-0.25, -0.2) is 0 Å². The Hall–Kier alpha value is -1.35. The molecule has 0 aliphatic rings. The van der Waals surface area contributed by atoms with Crippen molar-refractivity contribution in [3.63, 3.8) is 0 Å². The molecule has 3 N–H and O–H groups in total. The summed E-state index contributed by atoms with van der Waals surface area (Å²) >= 11 is 0. The Morgan fingerprint density at radius 2 is 2.12 bits per heavy atom. The van der Waals surface area contributed by atoms with E-state index in [1.165, 1.54) is 0 Å². The third-order valence-electron chi connectivity index (χ3n) is 2.70. The number of carbonyl (C=O) groups is 1. The molecule has 0 saturated carbocycles. The molecule has 0 aromatic heterocycles. The Balaban J connectivity index is 2.69. The predicted molar refractivity (Wildman–Crippen MR) is 67.3 cm³/mol. The van der Waals surface area contributed by atoms with Crippen molar-refractivity contribution in [2.75, 3.05) is 11.9 Å². The molecule has 0 saturated heterocycles. The predicted octanol–water partition coefficient (Wildman–Crippen LogP) is 2.17. The van der Waals surface area contributed by atoms with E-state index in [4.69, 9.17) is 5.73 Å². The first-order valence-corrected chi connectivity index (χ1v) is 5.77. The Kier molecular flexibility index (Phi) is 4.99. The molecular formula is C13H20N2O. The largest absolute Gasteiger partial charge is 0.330 e. The van der Waals surface area contributed by atoms with Crippen LogP contribution in [-0.4, -0.2) is 12.5 Å². The van der Waals surface area contributed by atoms with Gasteiger partial charge in [-0.15, -0.1) is 0 Å². The molecule has 0 bridgehead atoms. The molecule has 0 heterocycles. The van der Waals surface area contributed by atoms with Gasteiger partial charge in [0.15, 0.2) is 0 Å². The Bertz CT molecular complexity index is 350. The molecule has 0 spiro atoms. The van der Waals surface area contributed by atoms with Gasteiger partial charge in [-0.05, 0) is 31.0 Å². The van der Waals surface area contributed by atoms with Crippen LogP contribution in [0.3, 0.4) is 0 Å². The standard InChI is InChI=1S/C13H20N2O/c1-3-11-6-4-5-7-12(11)15-13(16)10(2)8-9-14/h4-7,10H,3,8-9,14H2,1-2H3,(H,15,16). The average molecular weight is 220 g/mol. The highest BCUT2D eigenvalue weighted by molar-refractivity contribution is 5.93. The maximum absolute atomic E-state index is 11.8. The van der Waals surface area contributed by atoms with E-state index < -0.39 is 0 Å². The number of aryl methyl sites for hydroxylation is 1. The summed E-state index contributed by atoms with van der Waals surface area (Å²) in [6, 6.07) is 7.88. The van der Waals surface area contributed by atoms with Crippen LogP contribution in [-0.2, 0) is 11.2 Å². The van der Waals surface area contributed by atoms with Crippen LogP contribution in [0.4, 0.5) is 5.69 Å². The molecule has 1 unspecified atom stereocenters. The van der Waals surface area contributed by atoms with Crippen molar-refractivity contribution in [2.24, 2.45) is 11.7 Å². The highest BCUT2D eigenvalue weighted by Gasteiger charge is 2.12. The van der Waals surface area contributed by atoms with Gasteiger partial charge in [-0.3, -0.25) is 4.79 Å². The smallest absolute Gasteiger partial charge is 0.227 e. The molecule has 16 heavy (non-hydrogen) atoms. The minimum Gasteiger partial charge on any atom is -0.330 e. The van der Waals surface area contributed by atoms with Crippen LogP contribution >= 0.6 is 0 Å². The molecular weight excluding hydrogens is 200 g/mol. The Morgan fingerprint density at radius 1 is 1.44 bits per heavy atom. The Morgan fingerprint density at radius 3 is 2.75 bits per heavy atom. The highest BCUT2D eigenvalue weighted by Crippen LogP contribution is 2.16. The van der Waals surface area contributed by atoms with Gasteiger partial charge in [0, 0.05) is 11.6 Å². The van der Waals surface area contributed by atoms with E-state index in [9.17, 15) is 4.79 Å². The van der Waals surface area contributed by atoms with Gasteiger partial charge in [0.1, 0.15) is 0 Å². The summed E-state index contributed by atoms with van der Waals surface area (Å²) in [5.41, 5.74) is 7.52. The number of para-hydroxylation sites is 1. The summed E-state index contributed by atoms with van der Waals surface area (Å²) in [6.07, 6.45) is 1.64. The second kappa shape index (κ2) is 6.28. The van der Waals surface area contributed by atoms with Gasteiger partial charge in [-0.1, -0.05) is 32.0 Å². The quantitative estimate of drug-likeness (QED) is 0.799. The van der Waals surface area contributed by atoms with Crippen molar-refractivity contribution in [1.29, 1.82) is 0 Å². The summed E-state index contributed by atoms with van der Waals surface area (Å²) in [5, 5.41) is 2.95. The third kappa shape index (κ3) is 3.35. The number of carbonyl (C=O) groups excluding carboxylic acids is 1. The van der Waals surface area contributed by atoms with Crippen LogP contribution in [0.25, 0.3) is 0 Å². The summed E-state index contributed by atoms with van der Waals surface area (Å²) in [4.78, 5) is 11.8. The molecule has 0 aliphatic heterocycles. The summed E-state index contributed by atoms with van der Waals surface area (Å²) in [6.45, 7) is 4.52. The molecule has 1 aromatic carbocycles. The monoisotopic (exact) mass is 220 g/mol. The average Bonchev–Trinajstić information content (AvgIpc) is 2.30. The number of hydrogen-bond donors (Lipinski definition) is 2. The zero-order chi connectivity index (χ0) is 12.0. The van der Waals surface area contributed by atoms with Crippen molar-refractivity contribution in [2.45, 2.75) is 26.7 Å². The zero-order valence-electron chi connectivity index (χ0n) is 9.99. The lowest BCUT2D eigenvalue weighted by molar-refractivity contribution is -0.119. The topological polar surface area (TPSA) is 55.1 Å². The fourth-order valence-electron chi connectivity index (χ4n) is 1.59. The molecule has 3 heteroatoms. The number of hydrogen-bond acceptors (Lipinski definition) is 2. The lowest BCUT2D eigenvalue weighted by atomic mass is 10.1. The second-order valence-electron chi connectivity index (χ2n) is 3.98. The number of rotatable bonds is 5. The van der Waals surface area contributed by atoms with Gasteiger partial charge in [-0.2, -0.15) is 0 Å². The SMILES string of the molecule is CCc1ccccc1NC(=O)C(C)CCN. The van der Waals surface area contributed by atoms with E-state index >= 15 is 0 Å². The van der Waals surface area contributed by atoms with Crippen LogP contribution in [0, 0.1) is 5.92 Å². The van der Waals surface area contributed by atoms with Crippen LogP contribution in [0.1, 0.15) is 25.8 Å². The van der Waals surface area contributed by atoms with E-state index in [2.05, 4.69) is 12.2 Å². The van der Waals surface area contributed by atoms with Gasteiger partial charge in [0.2, 0.25) is 5.91 Å². The van der Waals surface area contributed by atoms with Crippen LogP contribution in [0.15, 0.2) is 24.3 Å². The number of amides is 1. The molecule has 0 radical (unpaired) electrons. The first kappa shape index (κ1) is 12.7. The summed E-state index contributed by atoms with van der Waals surface area (Å²) in [7, 11) is 0. The number of anilines is 1. The van der Waals surface area contributed by atoms with Gasteiger partial charge in [0.25, 0.3) is 0 Å². The van der Waals surface area contributed by atoms with Crippen molar-refractivity contribution < 1.29 is 4.79 Å². The second-order valence-corrected chi connectivity index (χ2v) is 3.98. The maximum Gasteiger partial charge on any atom is 0.227 e. The van der Waals surface area contributed by atoms with E-state index in [0.717, 1.165) is 24.1 Å². The number of nitrogens with one attached hydrogen (secondary N) is 1. The van der Waals surface area contributed by atoms with Gasteiger partial charge < -0.3 is 11.1 Å². The first-order valence-electron chi connectivity index (χ1n) is 5.77. The minimum absolute atomic E-state index is 0.0325. The number of nitrogens with two attached hydrogens (primary N) is 1. The molecule has 1 amide bonds. The molecule has 1 aromatic rings. The lowest BCUT2D eigenvalue weighted by Gasteiger charge is -2.13. The van der Waals surface area contributed by atoms with Gasteiger partial charge >= 0.3 is 0 Å². The van der Waals surface area contributed by atoms with Gasteiger partial charge in [0.05, 0.1) is 0 Å². The molecule has 1 atom stereocenters. The minimum atomic E-state index is -0.0325. The fraction of sp³-hybridized carbons (Fsp3) is 0.462. The van der Waals surface area contributed by atoms with E-state index in [1.807, 2.05) is 31.2 Å². The molecule has 0 fully saturated rings.